The summed E-state index contributed by atoms with van der Waals surface area (Å²) in [5.74, 6) is 1.18. The predicted octanol–water partition coefficient (Wildman–Crippen LogP) is 0.220. The SMILES string of the molecule is O=C=NCCOCCC[S+]([O-])CCCOCCN=C=O. The fourth-order valence-corrected chi connectivity index (χ4v) is 2.35. The summed E-state index contributed by atoms with van der Waals surface area (Å²) in [6.07, 6.45) is 4.29. The Morgan fingerprint density at radius 2 is 1.30 bits per heavy atom. The van der Waals surface area contributed by atoms with Crippen molar-refractivity contribution in [3.63, 3.8) is 0 Å². The van der Waals surface area contributed by atoms with E-state index < -0.39 is 11.2 Å². The molecule has 0 saturated carbocycles. The molecule has 0 heterocycles. The maximum absolute atomic E-state index is 11.6. The Hall–Kier alpha value is -1.01. The highest BCUT2D eigenvalue weighted by Crippen LogP contribution is 1.98. The van der Waals surface area contributed by atoms with Crippen LogP contribution in [0.2, 0.25) is 0 Å². The van der Waals surface area contributed by atoms with Crippen molar-refractivity contribution in [2.75, 3.05) is 51.0 Å². The summed E-state index contributed by atoms with van der Waals surface area (Å²) in [5.41, 5.74) is 0. The zero-order chi connectivity index (χ0) is 14.9. The molecule has 0 aliphatic rings. The van der Waals surface area contributed by atoms with Crippen LogP contribution in [0.4, 0.5) is 0 Å². The lowest BCUT2D eigenvalue weighted by molar-refractivity contribution is 0.142. The normalized spacial score (nSPS) is 11.4. The molecular formula is C12H20N2O5S. The van der Waals surface area contributed by atoms with Gasteiger partial charge in [0.15, 0.2) is 0 Å². The highest BCUT2D eigenvalue weighted by molar-refractivity contribution is 7.91. The summed E-state index contributed by atoms with van der Waals surface area (Å²) in [4.78, 5) is 26.2. The van der Waals surface area contributed by atoms with Crippen LogP contribution in [0, 0.1) is 0 Å². The van der Waals surface area contributed by atoms with Crippen LogP contribution >= 0.6 is 0 Å². The number of aliphatic imine (C=N–C) groups is 2. The van der Waals surface area contributed by atoms with Gasteiger partial charge in [-0.3, -0.25) is 0 Å². The molecule has 0 radical (unpaired) electrons. The Morgan fingerprint density at radius 1 is 0.850 bits per heavy atom. The second-order valence-electron chi connectivity index (χ2n) is 3.73. The van der Waals surface area contributed by atoms with E-state index >= 15 is 0 Å². The van der Waals surface area contributed by atoms with Crippen LogP contribution in [0.25, 0.3) is 0 Å². The van der Waals surface area contributed by atoms with Gasteiger partial charge in [-0.15, -0.1) is 0 Å². The number of hydrogen-bond donors (Lipinski definition) is 0. The lowest BCUT2D eigenvalue weighted by Gasteiger charge is -2.10. The molecular weight excluding hydrogens is 284 g/mol. The van der Waals surface area contributed by atoms with E-state index in [0.717, 1.165) is 0 Å². The quantitative estimate of drug-likeness (QED) is 0.198. The number of nitrogens with zero attached hydrogens (tertiary/aromatic N) is 2. The summed E-state index contributed by atoms with van der Waals surface area (Å²) in [5, 5.41) is 0. The van der Waals surface area contributed by atoms with E-state index in [1.165, 1.54) is 12.2 Å². The van der Waals surface area contributed by atoms with E-state index in [1.807, 2.05) is 0 Å². The first kappa shape index (κ1) is 19.0. The number of isocyanates is 2. The van der Waals surface area contributed by atoms with Crippen molar-refractivity contribution in [1.29, 1.82) is 0 Å². The van der Waals surface area contributed by atoms with Crippen LogP contribution in [0.5, 0.6) is 0 Å². The van der Waals surface area contributed by atoms with Gasteiger partial charge < -0.3 is 14.0 Å². The number of ether oxygens (including phenoxy) is 2. The Bertz CT molecular complexity index is 287. The van der Waals surface area contributed by atoms with E-state index in [4.69, 9.17) is 9.47 Å². The first-order valence-corrected chi connectivity index (χ1v) is 7.87. The summed E-state index contributed by atoms with van der Waals surface area (Å²) in [6.45, 7) is 2.44. The van der Waals surface area contributed by atoms with E-state index in [9.17, 15) is 14.1 Å². The van der Waals surface area contributed by atoms with E-state index in [1.54, 1.807) is 0 Å². The molecule has 0 fully saturated rings. The van der Waals surface area contributed by atoms with Gasteiger partial charge in [0.25, 0.3) is 0 Å². The molecule has 0 amide bonds. The van der Waals surface area contributed by atoms with Crippen molar-refractivity contribution in [3.8, 4) is 0 Å². The zero-order valence-electron chi connectivity index (χ0n) is 11.4. The minimum atomic E-state index is -0.869. The molecule has 20 heavy (non-hydrogen) atoms. The third kappa shape index (κ3) is 15.0. The van der Waals surface area contributed by atoms with Crippen LogP contribution in [-0.4, -0.2) is 67.7 Å². The van der Waals surface area contributed by atoms with Gasteiger partial charge in [0.05, 0.1) is 39.5 Å². The first-order valence-electron chi connectivity index (χ1n) is 6.39. The second-order valence-corrected chi connectivity index (χ2v) is 5.42. The third-order valence-corrected chi connectivity index (χ3v) is 3.63. The molecule has 0 aromatic carbocycles. The van der Waals surface area contributed by atoms with E-state index in [0.29, 0.717) is 63.9 Å². The molecule has 7 nitrogen and oxygen atoms in total. The van der Waals surface area contributed by atoms with Crippen LogP contribution in [0.3, 0.4) is 0 Å². The van der Waals surface area contributed by atoms with Gasteiger partial charge in [-0.05, 0) is 0 Å². The molecule has 0 bridgehead atoms. The van der Waals surface area contributed by atoms with Gasteiger partial charge in [0.2, 0.25) is 12.2 Å². The Morgan fingerprint density at radius 3 is 1.70 bits per heavy atom. The predicted molar refractivity (Wildman–Crippen MR) is 74.7 cm³/mol. The Labute approximate surface area is 121 Å². The number of hydrogen-bond acceptors (Lipinski definition) is 7. The van der Waals surface area contributed by atoms with Gasteiger partial charge in [-0.1, -0.05) is 11.2 Å². The molecule has 0 aliphatic heterocycles. The van der Waals surface area contributed by atoms with Crippen LogP contribution in [0.1, 0.15) is 12.8 Å². The minimum absolute atomic E-state index is 0.318. The fraction of sp³-hybridized carbons (Fsp3) is 0.833. The monoisotopic (exact) mass is 304 g/mol. The highest BCUT2D eigenvalue weighted by Gasteiger charge is 2.05. The molecule has 0 atom stereocenters. The van der Waals surface area contributed by atoms with Gasteiger partial charge in [0, 0.05) is 12.8 Å². The van der Waals surface area contributed by atoms with Gasteiger partial charge in [0.1, 0.15) is 11.5 Å². The van der Waals surface area contributed by atoms with Gasteiger partial charge >= 0.3 is 0 Å². The standard InChI is InChI=1S/C12H20N2O5S/c15-11-13-3-7-18-5-1-9-20(17)10-2-6-19-8-4-14-12-16/h1-10H2. The molecule has 0 aromatic rings. The molecule has 114 valence electrons. The Kier molecular flexibility index (Phi) is 15.2. The van der Waals surface area contributed by atoms with Crippen molar-refractivity contribution in [2.45, 2.75) is 12.8 Å². The lowest BCUT2D eigenvalue weighted by Crippen LogP contribution is -2.15. The summed E-state index contributed by atoms with van der Waals surface area (Å²) in [7, 11) is 0. The molecule has 0 N–H and O–H groups in total. The largest absolute Gasteiger partial charge is 0.616 e. The molecule has 0 rings (SSSR count). The summed E-state index contributed by atoms with van der Waals surface area (Å²) >= 11 is -0.869. The molecule has 0 spiro atoms. The van der Waals surface area contributed by atoms with Crippen molar-refractivity contribution < 1.29 is 23.6 Å². The van der Waals surface area contributed by atoms with Crippen LogP contribution in [-0.2, 0) is 30.2 Å². The van der Waals surface area contributed by atoms with E-state index in [2.05, 4.69) is 9.98 Å². The minimum Gasteiger partial charge on any atom is -0.616 e. The average molecular weight is 304 g/mol. The van der Waals surface area contributed by atoms with Crippen molar-refractivity contribution >= 4 is 23.3 Å². The van der Waals surface area contributed by atoms with Gasteiger partial charge in [-0.2, -0.15) is 0 Å². The highest BCUT2D eigenvalue weighted by atomic mass is 32.2. The molecule has 0 unspecified atom stereocenters. The van der Waals surface area contributed by atoms with Crippen LogP contribution in [0.15, 0.2) is 9.98 Å². The third-order valence-electron chi connectivity index (χ3n) is 2.15. The molecule has 0 aromatic heterocycles. The molecule has 0 saturated heterocycles. The van der Waals surface area contributed by atoms with Gasteiger partial charge in [-0.25, -0.2) is 19.6 Å². The second kappa shape index (κ2) is 16.0. The first-order chi connectivity index (χ1) is 9.81. The lowest BCUT2D eigenvalue weighted by atomic mass is 10.5. The van der Waals surface area contributed by atoms with Crippen molar-refractivity contribution in [2.24, 2.45) is 9.98 Å². The Balaban J connectivity index is 3.22. The molecule has 8 heteroatoms. The van der Waals surface area contributed by atoms with Crippen molar-refractivity contribution in [3.05, 3.63) is 0 Å². The zero-order valence-corrected chi connectivity index (χ0v) is 12.2. The topological polar surface area (TPSA) is 100 Å². The maximum Gasteiger partial charge on any atom is 0.235 e. The smallest absolute Gasteiger partial charge is 0.235 e. The van der Waals surface area contributed by atoms with E-state index in [-0.39, 0.29) is 0 Å². The summed E-state index contributed by atoms with van der Waals surface area (Å²) < 4.78 is 22.0. The van der Waals surface area contributed by atoms with Crippen LogP contribution < -0.4 is 0 Å². The number of rotatable bonds is 14. The fourth-order valence-electron chi connectivity index (χ4n) is 1.26. The number of carbonyl (C=O) groups excluding carboxylic acids is 2. The summed E-state index contributed by atoms with van der Waals surface area (Å²) in [6, 6.07) is 0. The van der Waals surface area contributed by atoms with Crippen molar-refractivity contribution in [1.82, 2.24) is 0 Å². The average Bonchev–Trinajstić information content (AvgIpc) is 2.45. The molecule has 0 aliphatic carbocycles. The maximum atomic E-state index is 11.6.